The Morgan fingerprint density at radius 1 is 1.45 bits per heavy atom. The SMILES string of the molecule is C[C@H](CC(=O)[O-])CC(C)(C)C. The normalized spacial score (nSPS) is 14.5. The summed E-state index contributed by atoms with van der Waals surface area (Å²) in [5.41, 5.74) is 0.217. The van der Waals surface area contributed by atoms with E-state index in [0.717, 1.165) is 6.42 Å². The maximum absolute atomic E-state index is 10.2. The number of carbonyl (C=O) groups excluding carboxylic acids is 1. The van der Waals surface area contributed by atoms with Crippen molar-refractivity contribution in [3.8, 4) is 0 Å². The molecule has 0 rings (SSSR count). The molecule has 11 heavy (non-hydrogen) atoms. The van der Waals surface area contributed by atoms with Gasteiger partial charge in [0.1, 0.15) is 0 Å². The first-order valence-electron chi connectivity index (χ1n) is 4.01. The van der Waals surface area contributed by atoms with E-state index in [-0.39, 0.29) is 17.8 Å². The summed E-state index contributed by atoms with van der Waals surface area (Å²) in [6.45, 7) is 8.28. The van der Waals surface area contributed by atoms with Crippen LogP contribution in [-0.2, 0) is 4.79 Å². The van der Waals surface area contributed by atoms with Crippen LogP contribution >= 0.6 is 0 Å². The first kappa shape index (κ1) is 10.5. The molecule has 0 spiro atoms. The molecule has 2 heteroatoms. The summed E-state index contributed by atoms with van der Waals surface area (Å²) < 4.78 is 0. The number of rotatable bonds is 3. The van der Waals surface area contributed by atoms with Crippen molar-refractivity contribution >= 4 is 5.97 Å². The monoisotopic (exact) mass is 157 g/mol. The highest BCUT2D eigenvalue weighted by Crippen LogP contribution is 2.25. The lowest BCUT2D eigenvalue weighted by Crippen LogP contribution is -2.25. The molecule has 0 amide bonds. The van der Waals surface area contributed by atoms with Crippen LogP contribution in [0.2, 0.25) is 0 Å². The minimum Gasteiger partial charge on any atom is -0.550 e. The Morgan fingerprint density at radius 2 is 1.91 bits per heavy atom. The van der Waals surface area contributed by atoms with Crippen molar-refractivity contribution in [2.75, 3.05) is 0 Å². The summed E-state index contributed by atoms with van der Waals surface area (Å²) >= 11 is 0. The zero-order valence-corrected chi connectivity index (χ0v) is 7.81. The molecular formula is C9H17O2-. The molecule has 0 aliphatic rings. The standard InChI is InChI=1S/C9H18O2/c1-7(5-8(10)11)6-9(2,3)4/h7H,5-6H2,1-4H3,(H,10,11)/p-1/t7-/m1/s1. The van der Waals surface area contributed by atoms with E-state index in [9.17, 15) is 9.90 Å². The van der Waals surface area contributed by atoms with E-state index in [1.165, 1.54) is 0 Å². The largest absolute Gasteiger partial charge is 0.550 e. The van der Waals surface area contributed by atoms with E-state index in [1.54, 1.807) is 0 Å². The van der Waals surface area contributed by atoms with Crippen molar-refractivity contribution in [3.63, 3.8) is 0 Å². The quantitative estimate of drug-likeness (QED) is 0.617. The van der Waals surface area contributed by atoms with Gasteiger partial charge >= 0.3 is 0 Å². The third-order valence-electron chi connectivity index (χ3n) is 1.48. The second-order valence-corrected chi connectivity index (χ2v) is 4.45. The third-order valence-corrected chi connectivity index (χ3v) is 1.48. The molecule has 1 atom stereocenters. The number of aliphatic carboxylic acids is 1. The summed E-state index contributed by atoms with van der Waals surface area (Å²) in [4.78, 5) is 10.2. The molecule has 0 radical (unpaired) electrons. The van der Waals surface area contributed by atoms with Gasteiger partial charge in [0.05, 0.1) is 0 Å². The first-order chi connectivity index (χ1) is 4.81. The summed E-state index contributed by atoms with van der Waals surface area (Å²) in [7, 11) is 0. The molecule has 0 unspecified atom stereocenters. The van der Waals surface area contributed by atoms with E-state index >= 15 is 0 Å². The molecular weight excluding hydrogens is 140 g/mol. The molecule has 2 nitrogen and oxygen atoms in total. The number of carbonyl (C=O) groups is 1. The second kappa shape index (κ2) is 3.74. The number of hydrogen-bond acceptors (Lipinski definition) is 2. The van der Waals surface area contributed by atoms with Gasteiger partial charge in [0, 0.05) is 5.97 Å². The van der Waals surface area contributed by atoms with Crippen LogP contribution in [0.25, 0.3) is 0 Å². The van der Waals surface area contributed by atoms with E-state index in [2.05, 4.69) is 20.8 Å². The Kier molecular flexibility index (Phi) is 3.56. The second-order valence-electron chi connectivity index (χ2n) is 4.45. The van der Waals surface area contributed by atoms with Crippen molar-refractivity contribution in [2.45, 2.75) is 40.5 Å². The van der Waals surface area contributed by atoms with Crippen LogP contribution in [-0.4, -0.2) is 5.97 Å². The van der Waals surface area contributed by atoms with Gasteiger partial charge < -0.3 is 9.90 Å². The lowest BCUT2D eigenvalue weighted by atomic mass is 9.84. The highest BCUT2D eigenvalue weighted by molar-refractivity contribution is 5.64. The Morgan fingerprint density at radius 3 is 2.18 bits per heavy atom. The zero-order chi connectivity index (χ0) is 9.07. The first-order valence-corrected chi connectivity index (χ1v) is 4.01. The van der Waals surface area contributed by atoms with Gasteiger partial charge in [-0.05, 0) is 24.2 Å². The number of carboxylic acids is 1. The predicted molar refractivity (Wildman–Crippen MR) is 42.9 cm³/mol. The van der Waals surface area contributed by atoms with Crippen molar-refractivity contribution in [3.05, 3.63) is 0 Å². The highest BCUT2D eigenvalue weighted by Gasteiger charge is 2.14. The van der Waals surface area contributed by atoms with Crippen molar-refractivity contribution in [1.29, 1.82) is 0 Å². The van der Waals surface area contributed by atoms with Gasteiger partial charge in [-0.15, -0.1) is 0 Å². The van der Waals surface area contributed by atoms with Crippen molar-refractivity contribution in [1.82, 2.24) is 0 Å². The van der Waals surface area contributed by atoms with E-state index in [0.29, 0.717) is 0 Å². The molecule has 0 aromatic heterocycles. The van der Waals surface area contributed by atoms with Crippen LogP contribution in [0.3, 0.4) is 0 Å². The average molecular weight is 157 g/mol. The van der Waals surface area contributed by atoms with Crippen LogP contribution in [0.4, 0.5) is 0 Å². The zero-order valence-electron chi connectivity index (χ0n) is 7.81. The molecule has 0 aromatic rings. The fourth-order valence-electron chi connectivity index (χ4n) is 1.40. The van der Waals surface area contributed by atoms with Crippen LogP contribution in [0, 0.1) is 11.3 Å². The Hall–Kier alpha value is -0.530. The smallest absolute Gasteiger partial charge is 0.0416 e. The summed E-state index contributed by atoms with van der Waals surface area (Å²) in [5, 5.41) is 10.2. The molecule has 0 N–H and O–H groups in total. The fraction of sp³-hybridized carbons (Fsp3) is 0.889. The van der Waals surface area contributed by atoms with Crippen molar-refractivity contribution in [2.24, 2.45) is 11.3 Å². The van der Waals surface area contributed by atoms with Gasteiger partial charge in [-0.2, -0.15) is 0 Å². The van der Waals surface area contributed by atoms with Gasteiger partial charge in [0.25, 0.3) is 0 Å². The van der Waals surface area contributed by atoms with Gasteiger partial charge in [-0.3, -0.25) is 0 Å². The summed E-state index contributed by atoms with van der Waals surface area (Å²) in [5.74, 6) is -0.721. The van der Waals surface area contributed by atoms with Crippen LogP contribution < -0.4 is 5.11 Å². The lowest BCUT2D eigenvalue weighted by molar-refractivity contribution is -0.306. The molecule has 0 aliphatic carbocycles. The van der Waals surface area contributed by atoms with Crippen molar-refractivity contribution < 1.29 is 9.90 Å². The highest BCUT2D eigenvalue weighted by atomic mass is 16.4. The van der Waals surface area contributed by atoms with Crippen LogP contribution in [0.5, 0.6) is 0 Å². The third kappa shape index (κ3) is 7.37. The van der Waals surface area contributed by atoms with Crippen LogP contribution in [0.15, 0.2) is 0 Å². The average Bonchev–Trinajstić information content (AvgIpc) is 1.53. The minimum atomic E-state index is -0.943. The van der Waals surface area contributed by atoms with E-state index < -0.39 is 5.97 Å². The molecule has 66 valence electrons. The van der Waals surface area contributed by atoms with Gasteiger partial charge in [0.2, 0.25) is 0 Å². The number of hydrogen-bond donors (Lipinski definition) is 0. The van der Waals surface area contributed by atoms with Crippen LogP contribution in [0.1, 0.15) is 40.5 Å². The summed E-state index contributed by atoms with van der Waals surface area (Å²) in [6.07, 6.45) is 1.11. The molecule has 0 aromatic carbocycles. The van der Waals surface area contributed by atoms with Gasteiger partial charge in [0.15, 0.2) is 0 Å². The van der Waals surface area contributed by atoms with Gasteiger partial charge in [-0.1, -0.05) is 27.7 Å². The molecule has 0 fully saturated rings. The maximum Gasteiger partial charge on any atom is 0.0416 e. The predicted octanol–water partition coefficient (Wildman–Crippen LogP) is 1.20. The summed E-state index contributed by atoms with van der Waals surface area (Å²) in [6, 6.07) is 0. The maximum atomic E-state index is 10.2. The van der Waals surface area contributed by atoms with E-state index in [4.69, 9.17) is 0 Å². The van der Waals surface area contributed by atoms with Gasteiger partial charge in [-0.25, -0.2) is 0 Å². The molecule has 0 bridgehead atoms. The number of carboxylic acid groups (broad SMARTS) is 1. The molecule has 0 saturated carbocycles. The lowest BCUT2D eigenvalue weighted by Gasteiger charge is -2.23. The molecule has 0 saturated heterocycles. The molecule has 0 aliphatic heterocycles. The Balaban J connectivity index is 3.69. The molecule has 0 heterocycles. The minimum absolute atomic E-state index is 0.178. The fourth-order valence-corrected chi connectivity index (χ4v) is 1.40. The topological polar surface area (TPSA) is 40.1 Å². The Bertz CT molecular complexity index is 133. The van der Waals surface area contributed by atoms with E-state index in [1.807, 2.05) is 6.92 Å². The Labute approximate surface area is 68.6 Å².